The Morgan fingerprint density at radius 1 is 1.29 bits per heavy atom. The van der Waals surface area contributed by atoms with Gasteiger partial charge in [-0.2, -0.15) is 0 Å². The van der Waals surface area contributed by atoms with Crippen LogP contribution in [0.5, 0.6) is 5.75 Å². The van der Waals surface area contributed by atoms with E-state index in [1.807, 2.05) is 25.2 Å². The van der Waals surface area contributed by atoms with Crippen LogP contribution >= 0.6 is 27.5 Å². The first-order chi connectivity index (χ1) is 10.1. The quantitative estimate of drug-likeness (QED) is 0.847. The lowest BCUT2D eigenvalue weighted by atomic mass is 9.96. The fourth-order valence-corrected chi connectivity index (χ4v) is 3.52. The zero-order valence-electron chi connectivity index (χ0n) is 12.0. The van der Waals surface area contributed by atoms with Crippen molar-refractivity contribution in [2.75, 3.05) is 7.05 Å². The third-order valence-corrected chi connectivity index (χ3v) is 4.77. The Morgan fingerprint density at radius 3 is 2.86 bits per heavy atom. The van der Waals surface area contributed by atoms with Gasteiger partial charge in [-0.1, -0.05) is 39.7 Å². The zero-order valence-corrected chi connectivity index (χ0v) is 14.3. The summed E-state index contributed by atoms with van der Waals surface area (Å²) in [6.07, 6.45) is 1.23. The predicted molar refractivity (Wildman–Crippen MR) is 90.3 cm³/mol. The Morgan fingerprint density at radius 2 is 2.10 bits per heavy atom. The predicted octanol–water partition coefficient (Wildman–Crippen LogP) is 4.73. The first-order valence-corrected chi connectivity index (χ1v) is 8.17. The molecular formula is C17H17BrClNO. The maximum atomic E-state index is 6.15. The fourth-order valence-electron chi connectivity index (χ4n) is 2.86. The van der Waals surface area contributed by atoms with Gasteiger partial charge < -0.3 is 10.1 Å². The number of fused-ring (bicyclic) bond motifs is 1. The minimum atomic E-state index is 0.0966. The van der Waals surface area contributed by atoms with E-state index in [1.54, 1.807) is 0 Å². The van der Waals surface area contributed by atoms with Gasteiger partial charge in [0.25, 0.3) is 0 Å². The highest BCUT2D eigenvalue weighted by atomic mass is 79.9. The topological polar surface area (TPSA) is 21.3 Å². The van der Waals surface area contributed by atoms with Gasteiger partial charge in [-0.05, 0) is 54.9 Å². The van der Waals surface area contributed by atoms with Crippen molar-refractivity contribution in [3.63, 3.8) is 0 Å². The van der Waals surface area contributed by atoms with Gasteiger partial charge in [-0.15, -0.1) is 0 Å². The molecule has 2 aromatic carbocycles. The van der Waals surface area contributed by atoms with Crippen molar-refractivity contribution in [1.29, 1.82) is 0 Å². The molecule has 1 aliphatic rings. The van der Waals surface area contributed by atoms with Crippen LogP contribution in [0.25, 0.3) is 0 Å². The van der Waals surface area contributed by atoms with Gasteiger partial charge in [0.2, 0.25) is 0 Å². The number of hydrogen-bond acceptors (Lipinski definition) is 2. The standard InChI is InChI=1S/C17H17BrClNO/c1-10-7-12-8-11(3-6-16(12)21-10)17(20-2)14-9-13(19)4-5-15(14)18/h3-6,8-10,17,20H,7H2,1-2H3. The van der Waals surface area contributed by atoms with Gasteiger partial charge >= 0.3 is 0 Å². The third-order valence-electron chi connectivity index (χ3n) is 3.81. The highest BCUT2D eigenvalue weighted by Gasteiger charge is 2.22. The number of hydrogen-bond donors (Lipinski definition) is 1. The van der Waals surface area contributed by atoms with Crippen molar-refractivity contribution in [3.05, 3.63) is 62.6 Å². The lowest BCUT2D eigenvalue weighted by molar-refractivity contribution is 0.254. The summed E-state index contributed by atoms with van der Waals surface area (Å²) in [6, 6.07) is 12.4. The molecule has 0 fully saturated rings. The van der Waals surface area contributed by atoms with Gasteiger partial charge in [0.15, 0.2) is 0 Å². The summed E-state index contributed by atoms with van der Waals surface area (Å²) in [7, 11) is 1.96. The van der Waals surface area contributed by atoms with E-state index in [4.69, 9.17) is 16.3 Å². The average Bonchev–Trinajstić information content (AvgIpc) is 2.83. The molecule has 0 saturated carbocycles. The second kappa shape index (κ2) is 5.99. The largest absolute Gasteiger partial charge is 0.490 e. The van der Waals surface area contributed by atoms with Gasteiger partial charge in [0.1, 0.15) is 11.9 Å². The van der Waals surface area contributed by atoms with E-state index < -0.39 is 0 Å². The van der Waals surface area contributed by atoms with E-state index in [0.717, 1.165) is 27.2 Å². The summed E-state index contributed by atoms with van der Waals surface area (Å²) < 4.78 is 6.83. The molecule has 0 bridgehead atoms. The molecule has 110 valence electrons. The monoisotopic (exact) mass is 365 g/mol. The Labute approximate surface area is 138 Å². The van der Waals surface area contributed by atoms with Crippen molar-refractivity contribution in [3.8, 4) is 5.75 Å². The number of rotatable bonds is 3. The minimum absolute atomic E-state index is 0.0966. The molecule has 2 aromatic rings. The Bertz CT molecular complexity index is 674. The first kappa shape index (κ1) is 14.9. The second-order valence-corrected chi connectivity index (χ2v) is 6.68. The van der Waals surface area contributed by atoms with Crippen molar-refractivity contribution in [2.45, 2.75) is 25.5 Å². The van der Waals surface area contributed by atoms with Crippen molar-refractivity contribution in [2.24, 2.45) is 0 Å². The number of ether oxygens (including phenoxy) is 1. The molecule has 1 aliphatic heterocycles. The number of halogens is 2. The van der Waals surface area contributed by atoms with Crippen LogP contribution in [-0.4, -0.2) is 13.2 Å². The van der Waals surface area contributed by atoms with Crippen LogP contribution < -0.4 is 10.1 Å². The molecule has 2 nitrogen and oxygen atoms in total. The van der Waals surface area contributed by atoms with Crippen LogP contribution in [-0.2, 0) is 6.42 Å². The second-order valence-electron chi connectivity index (χ2n) is 5.39. The average molecular weight is 367 g/mol. The Balaban J connectivity index is 2.01. The van der Waals surface area contributed by atoms with Gasteiger partial charge in [-0.3, -0.25) is 0 Å². The molecule has 3 rings (SSSR count). The van der Waals surface area contributed by atoms with E-state index in [2.05, 4.69) is 46.4 Å². The summed E-state index contributed by atoms with van der Waals surface area (Å²) in [5.41, 5.74) is 3.63. The van der Waals surface area contributed by atoms with E-state index in [9.17, 15) is 0 Å². The molecule has 2 unspecified atom stereocenters. The summed E-state index contributed by atoms with van der Waals surface area (Å²) >= 11 is 9.77. The van der Waals surface area contributed by atoms with Crippen LogP contribution in [0.15, 0.2) is 40.9 Å². The van der Waals surface area contributed by atoms with Gasteiger partial charge in [0.05, 0.1) is 6.04 Å². The van der Waals surface area contributed by atoms with E-state index >= 15 is 0 Å². The summed E-state index contributed by atoms with van der Waals surface area (Å²) in [6.45, 7) is 2.10. The molecule has 0 saturated heterocycles. The smallest absolute Gasteiger partial charge is 0.123 e. The van der Waals surface area contributed by atoms with Crippen molar-refractivity contribution < 1.29 is 4.74 Å². The molecule has 2 atom stereocenters. The van der Waals surface area contributed by atoms with Crippen LogP contribution in [0.3, 0.4) is 0 Å². The summed E-state index contributed by atoms with van der Waals surface area (Å²) in [4.78, 5) is 0. The Hall–Kier alpha value is -1.03. The minimum Gasteiger partial charge on any atom is -0.490 e. The fraction of sp³-hybridized carbons (Fsp3) is 0.294. The van der Waals surface area contributed by atoms with E-state index in [1.165, 1.54) is 11.1 Å². The Kier molecular flexibility index (Phi) is 4.25. The molecular weight excluding hydrogens is 350 g/mol. The normalized spacial score (nSPS) is 18.2. The molecule has 0 aromatic heterocycles. The highest BCUT2D eigenvalue weighted by Crippen LogP contribution is 2.35. The number of nitrogens with one attached hydrogen (secondary N) is 1. The molecule has 0 amide bonds. The molecule has 0 aliphatic carbocycles. The summed E-state index contributed by atoms with van der Waals surface area (Å²) in [5, 5.41) is 4.12. The molecule has 1 N–H and O–H groups in total. The van der Waals surface area contributed by atoms with Crippen molar-refractivity contribution >= 4 is 27.5 Å². The lowest BCUT2D eigenvalue weighted by Gasteiger charge is -2.19. The lowest BCUT2D eigenvalue weighted by Crippen LogP contribution is -2.18. The molecule has 1 heterocycles. The van der Waals surface area contributed by atoms with Crippen LogP contribution in [0.4, 0.5) is 0 Å². The third kappa shape index (κ3) is 2.96. The summed E-state index contributed by atoms with van der Waals surface area (Å²) in [5.74, 6) is 1.01. The van der Waals surface area contributed by atoms with Crippen LogP contribution in [0.2, 0.25) is 5.02 Å². The molecule has 0 spiro atoms. The SMILES string of the molecule is CNC(c1ccc2c(c1)CC(C)O2)c1cc(Cl)ccc1Br. The molecule has 4 heteroatoms. The van der Waals surface area contributed by atoms with Gasteiger partial charge in [-0.25, -0.2) is 0 Å². The van der Waals surface area contributed by atoms with Crippen LogP contribution in [0.1, 0.15) is 29.7 Å². The molecule has 21 heavy (non-hydrogen) atoms. The van der Waals surface area contributed by atoms with Crippen molar-refractivity contribution in [1.82, 2.24) is 5.32 Å². The van der Waals surface area contributed by atoms with E-state index in [0.29, 0.717) is 0 Å². The van der Waals surface area contributed by atoms with Crippen LogP contribution in [0, 0.1) is 0 Å². The van der Waals surface area contributed by atoms with E-state index in [-0.39, 0.29) is 12.1 Å². The zero-order chi connectivity index (χ0) is 15.0. The van der Waals surface area contributed by atoms with Gasteiger partial charge in [0, 0.05) is 15.9 Å². The maximum Gasteiger partial charge on any atom is 0.123 e. The molecule has 0 radical (unpaired) electrons. The highest BCUT2D eigenvalue weighted by molar-refractivity contribution is 9.10. The first-order valence-electron chi connectivity index (χ1n) is 7.00. The maximum absolute atomic E-state index is 6.15. The number of benzene rings is 2.